The third-order valence-corrected chi connectivity index (χ3v) is 4.85. The average Bonchev–Trinajstić information content (AvgIpc) is 3.04. The van der Waals surface area contributed by atoms with Crippen LogP contribution in [-0.4, -0.2) is 24.3 Å². The van der Waals surface area contributed by atoms with Crippen LogP contribution in [0, 0.1) is 5.82 Å². The highest BCUT2D eigenvalue weighted by molar-refractivity contribution is 7.98. The Kier molecular flexibility index (Phi) is 5.62. The number of halogens is 7. The van der Waals surface area contributed by atoms with Gasteiger partial charge in [-0.2, -0.15) is 26.3 Å². The van der Waals surface area contributed by atoms with Crippen molar-refractivity contribution in [1.82, 2.24) is 0 Å². The lowest BCUT2D eigenvalue weighted by atomic mass is 9.96. The van der Waals surface area contributed by atoms with Crippen LogP contribution in [-0.2, 0) is 0 Å². The third kappa shape index (κ3) is 4.55. The summed E-state index contributed by atoms with van der Waals surface area (Å²) in [7, 11) is 0. The van der Waals surface area contributed by atoms with Crippen molar-refractivity contribution in [2.45, 2.75) is 17.2 Å². The predicted molar refractivity (Wildman–Crippen MR) is 98.3 cm³/mol. The van der Waals surface area contributed by atoms with Gasteiger partial charge in [-0.25, -0.2) is 9.38 Å². The zero-order chi connectivity index (χ0) is 21.4. The van der Waals surface area contributed by atoms with Gasteiger partial charge in [0.1, 0.15) is 5.82 Å². The van der Waals surface area contributed by atoms with Crippen molar-refractivity contribution < 1.29 is 30.7 Å². The zero-order valence-electron chi connectivity index (χ0n) is 14.7. The first-order valence-corrected chi connectivity index (χ1v) is 9.33. The summed E-state index contributed by atoms with van der Waals surface area (Å²) in [5, 5.41) is 0. The van der Waals surface area contributed by atoms with E-state index in [1.807, 2.05) is 6.26 Å². The number of rotatable bonds is 3. The van der Waals surface area contributed by atoms with E-state index in [1.165, 1.54) is 23.9 Å². The van der Waals surface area contributed by atoms with E-state index in [9.17, 15) is 30.7 Å². The number of thioether (sulfide) groups is 1. The third-order valence-electron chi connectivity index (χ3n) is 4.11. The summed E-state index contributed by atoms with van der Waals surface area (Å²) in [4.78, 5) is 4.55. The molecule has 3 rings (SSSR count). The van der Waals surface area contributed by atoms with Crippen LogP contribution in [0.2, 0.25) is 0 Å². The Bertz CT molecular complexity index is 979. The van der Waals surface area contributed by atoms with E-state index < -0.39 is 29.4 Å². The molecule has 0 saturated heterocycles. The first kappa shape index (κ1) is 21.2. The molecule has 1 aliphatic heterocycles. The first-order valence-electron chi connectivity index (χ1n) is 8.10. The van der Waals surface area contributed by atoms with Crippen LogP contribution in [0.3, 0.4) is 0 Å². The molecule has 2 aromatic rings. The van der Waals surface area contributed by atoms with E-state index in [-0.39, 0.29) is 16.8 Å². The molecule has 0 atom stereocenters. The second kappa shape index (κ2) is 7.70. The number of allylic oxidation sites excluding steroid dienone is 3. The number of alkyl halides is 6. The molecule has 0 amide bonds. The molecule has 0 bridgehead atoms. The first-order chi connectivity index (χ1) is 13.5. The van der Waals surface area contributed by atoms with Gasteiger partial charge in [-0.1, -0.05) is 24.3 Å². The van der Waals surface area contributed by atoms with E-state index in [2.05, 4.69) is 4.99 Å². The van der Waals surface area contributed by atoms with Gasteiger partial charge in [0.25, 0.3) is 0 Å². The van der Waals surface area contributed by atoms with E-state index in [1.54, 1.807) is 24.3 Å². The lowest BCUT2D eigenvalue weighted by Crippen LogP contribution is -2.27. The molecular weight excluding hydrogens is 419 g/mol. The standard InChI is InChI=1S/C20H12F7NS/c1-29-14-8-4-12(5-9-14)17-15(11-2-6-13(21)7-3-11)10-16(28-17)18(19(22,23)24)20(25,26)27/h2-10H,1H3. The van der Waals surface area contributed by atoms with Gasteiger partial charge in [-0.3, -0.25) is 0 Å². The Labute approximate surface area is 165 Å². The van der Waals surface area contributed by atoms with Gasteiger partial charge in [0.05, 0.1) is 11.4 Å². The lowest BCUT2D eigenvalue weighted by Gasteiger charge is -2.15. The summed E-state index contributed by atoms with van der Waals surface area (Å²) in [5.41, 5.74) is -3.32. The highest BCUT2D eigenvalue weighted by atomic mass is 32.2. The molecule has 0 N–H and O–H groups in total. The highest BCUT2D eigenvalue weighted by Gasteiger charge is 2.53. The molecule has 0 aromatic heterocycles. The van der Waals surface area contributed by atoms with Crippen molar-refractivity contribution in [3.8, 4) is 0 Å². The second-order valence-electron chi connectivity index (χ2n) is 6.01. The Morgan fingerprint density at radius 3 is 1.79 bits per heavy atom. The maximum atomic E-state index is 13.2. The Morgan fingerprint density at radius 1 is 0.793 bits per heavy atom. The lowest BCUT2D eigenvalue weighted by molar-refractivity contribution is -0.172. The SMILES string of the molecule is CSc1ccc(C2=NC(=C(C(F)(F)F)C(F)(F)F)C=C2c2ccc(F)cc2)cc1. The summed E-state index contributed by atoms with van der Waals surface area (Å²) < 4.78 is 92.1. The summed E-state index contributed by atoms with van der Waals surface area (Å²) in [5.74, 6) is -0.586. The second-order valence-corrected chi connectivity index (χ2v) is 6.89. The molecule has 1 nitrogen and oxygen atoms in total. The number of hydrogen-bond donors (Lipinski definition) is 0. The summed E-state index contributed by atoms with van der Waals surface area (Å²) in [6.45, 7) is 0. The quantitative estimate of drug-likeness (QED) is 0.384. The van der Waals surface area contributed by atoms with Crippen molar-refractivity contribution in [3.63, 3.8) is 0 Å². The monoisotopic (exact) mass is 431 g/mol. The van der Waals surface area contributed by atoms with Crippen LogP contribution in [0.15, 0.2) is 75.8 Å². The number of aliphatic imine (C=N–C) groups is 1. The summed E-state index contributed by atoms with van der Waals surface area (Å²) >= 11 is 1.43. The average molecular weight is 431 g/mol. The number of hydrogen-bond acceptors (Lipinski definition) is 2. The van der Waals surface area contributed by atoms with Crippen molar-refractivity contribution in [2.75, 3.05) is 6.26 Å². The van der Waals surface area contributed by atoms with E-state index in [0.717, 1.165) is 23.1 Å². The molecule has 2 aromatic carbocycles. The molecule has 0 spiro atoms. The molecule has 29 heavy (non-hydrogen) atoms. The van der Waals surface area contributed by atoms with Gasteiger partial charge in [0, 0.05) is 16.0 Å². The van der Waals surface area contributed by atoms with E-state index >= 15 is 0 Å². The molecule has 0 fully saturated rings. The van der Waals surface area contributed by atoms with Crippen molar-refractivity contribution in [3.05, 3.63) is 82.8 Å². The fraction of sp³-hybridized carbons (Fsp3) is 0.150. The van der Waals surface area contributed by atoms with Crippen LogP contribution >= 0.6 is 11.8 Å². The molecule has 152 valence electrons. The van der Waals surface area contributed by atoms with Crippen LogP contribution in [0.4, 0.5) is 30.7 Å². The van der Waals surface area contributed by atoms with Crippen LogP contribution in [0.25, 0.3) is 5.57 Å². The maximum Gasteiger partial charge on any atom is 0.423 e. The molecule has 0 saturated carbocycles. The topological polar surface area (TPSA) is 12.4 Å². The van der Waals surface area contributed by atoms with Gasteiger partial charge >= 0.3 is 12.4 Å². The van der Waals surface area contributed by atoms with Crippen LogP contribution in [0.1, 0.15) is 11.1 Å². The normalized spacial score (nSPS) is 14.7. The van der Waals surface area contributed by atoms with E-state index in [0.29, 0.717) is 5.56 Å². The Balaban J connectivity index is 2.24. The van der Waals surface area contributed by atoms with Crippen molar-refractivity contribution in [1.29, 1.82) is 0 Å². The predicted octanol–water partition coefficient (Wildman–Crippen LogP) is 6.81. The minimum absolute atomic E-state index is 0.0444. The summed E-state index contributed by atoms with van der Waals surface area (Å²) in [6.07, 6.45) is -8.72. The maximum absolute atomic E-state index is 13.2. The zero-order valence-corrected chi connectivity index (χ0v) is 15.5. The molecule has 0 aliphatic carbocycles. The minimum atomic E-state index is -5.64. The fourth-order valence-corrected chi connectivity index (χ4v) is 3.22. The minimum Gasteiger partial charge on any atom is -0.247 e. The van der Waals surface area contributed by atoms with Gasteiger partial charge < -0.3 is 0 Å². The van der Waals surface area contributed by atoms with Crippen molar-refractivity contribution in [2.24, 2.45) is 4.99 Å². The fourth-order valence-electron chi connectivity index (χ4n) is 2.82. The van der Waals surface area contributed by atoms with Crippen LogP contribution < -0.4 is 0 Å². The molecule has 0 unspecified atom stereocenters. The Morgan fingerprint density at radius 2 is 1.31 bits per heavy atom. The number of benzene rings is 2. The molecule has 9 heteroatoms. The van der Waals surface area contributed by atoms with Gasteiger partial charge in [-0.15, -0.1) is 11.8 Å². The smallest absolute Gasteiger partial charge is 0.247 e. The van der Waals surface area contributed by atoms with Gasteiger partial charge in [0.2, 0.25) is 0 Å². The van der Waals surface area contributed by atoms with Gasteiger partial charge in [0.15, 0.2) is 5.57 Å². The Hall–Kier alpha value is -2.55. The van der Waals surface area contributed by atoms with Crippen LogP contribution in [0.5, 0.6) is 0 Å². The highest BCUT2D eigenvalue weighted by Crippen LogP contribution is 2.44. The van der Waals surface area contributed by atoms with Gasteiger partial charge in [-0.05, 0) is 42.2 Å². The molecule has 1 aliphatic rings. The molecule has 1 heterocycles. The molecule has 0 radical (unpaired) electrons. The van der Waals surface area contributed by atoms with Crippen molar-refractivity contribution >= 4 is 23.0 Å². The summed E-state index contributed by atoms with van der Waals surface area (Å²) in [6, 6.07) is 11.2. The number of nitrogens with zero attached hydrogens (tertiary/aromatic N) is 1. The van der Waals surface area contributed by atoms with E-state index in [4.69, 9.17) is 0 Å². The molecular formula is C20H12F7NS. The largest absolute Gasteiger partial charge is 0.423 e.